The van der Waals surface area contributed by atoms with Gasteiger partial charge in [0, 0.05) is 35.4 Å². The molecule has 6 nitrogen and oxygen atoms in total. The first-order chi connectivity index (χ1) is 17.5. The van der Waals surface area contributed by atoms with Crippen LogP contribution < -0.4 is 10.6 Å². The van der Waals surface area contributed by atoms with E-state index >= 15 is 0 Å². The Balaban J connectivity index is 1.39. The van der Waals surface area contributed by atoms with Gasteiger partial charge in [0.1, 0.15) is 17.6 Å². The smallest absolute Gasteiger partial charge is 0.226 e. The molecule has 0 bridgehead atoms. The van der Waals surface area contributed by atoms with Gasteiger partial charge < -0.3 is 20.0 Å². The number of carbonyl (C=O) groups excluding carboxylic acids is 1. The molecule has 2 aromatic heterocycles. The lowest BCUT2D eigenvalue weighted by Crippen LogP contribution is -2.32. The summed E-state index contributed by atoms with van der Waals surface area (Å²) in [6.07, 6.45) is 2.03. The summed E-state index contributed by atoms with van der Waals surface area (Å²) >= 11 is 11.8. The molecule has 2 N–H and O–H groups in total. The summed E-state index contributed by atoms with van der Waals surface area (Å²) in [6, 6.07) is 24.5. The van der Waals surface area contributed by atoms with Crippen LogP contribution >= 0.6 is 23.8 Å². The predicted molar refractivity (Wildman–Crippen MR) is 146 cm³/mol. The highest BCUT2D eigenvalue weighted by molar-refractivity contribution is 7.80. The topological polar surface area (TPSA) is 70.4 Å². The second-order valence-electron chi connectivity index (χ2n) is 8.70. The number of thiocarbonyl (C=S) groups is 1. The molecular formula is C28H25ClN4O2S. The van der Waals surface area contributed by atoms with Crippen molar-refractivity contribution in [2.45, 2.75) is 25.4 Å². The van der Waals surface area contributed by atoms with E-state index < -0.39 is 0 Å². The molecule has 0 spiro atoms. The number of aryl methyl sites for hydroxylation is 1. The van der Waals surface area contributed by atoms with Gasteiger partial charge in [-0.3, -0.25) is 9.78 Å². The van der Waals surface area contributed by atoms with E-state index in [9.17, 15) is 4.79 Å². The Kier molecular flexibility index (Phi) is 7.02. The average molecular weight is 517 g/mol. The monoisotopic (exact) mass is 516 g/mol. The number of halogens is 1. The van der Waals surface area contributed by atoms with Crippen LogP contribution in [0.4, 0.5) is 5.69 Å². The molecule has 1 amide bonds. The largest absolute Gasteiger partial charge is 0.459 e. The van der Waals surface area contributed by atoms with Crippen molar-refractivity contribution >= 4 is 40.5 Å². The summed E-state index contributed by atoms with van der Waals surface area (Å²) < 4.78 is 6.33. The quantitative estimate of drug-likeness (QED) is 0.281. The highest BCUT2D eigenvalue weighted by Gasteiger charge is 2.41. The van der Waals surface area contributed by atoms with E-state index in [1.807, 2.05) is 90.7 Å². The molecule has 1 fully saturated rings. The molecule has 0 unspecified atom stereocenters. The maximum absolute atomic E-state index is 12.8. The van der Waals surface area contributed by atoms with Gasteiger partial charge in [-0.25, -0.2) is 0 Å². The SMILES string of the molecule is Cc1cccc(NC(=O)CCN2C(=S)N[C@H](c3ccccn3)[C@@H]2c2ccc(-c3ccc(Cl)cc3)o2)c1. The van der Waals surface area contributed by atoms with Crippen LogP contribution in [-0.2, 0) is 4.79 Å². The lowest BCUT2D eigenvalue weighted by atomic mass is 10.0. The van der Waals surface area contributed by atoms with Gasteiger partial charge in [0.25, 0.3) is 0 Å². The molecule has 1 aliphatic rings. The Labute approximate surface area is 220 Å². The number of nitrogens with zero attached hydrogens (tertiary/aromatic N) is 2. The van der Waals surface area contributed by atoms with Crippen molar-refractivity contribution in [2.75, 3.05) is 11.9 Å². The average Bonchev–Trinajstić information content (AvgIpc) is 3.48. The minimum Gasteiger partial charge on any atom is -0.459 e. The number of carbonyl (C=O) groups is 1. The zero-order valence-corrected chi connectivity index (χ0v) is 21.2. The molecule has 8 heteroatoms. The number of pyridine rings is 1. The number of hydrogen-bond acceptors (Lipinski definition) is 4. The number of nitrogens with one attached hydrogen (secondary N) is 2. The molecule has 4 aromatic rings. The standard InChI is InChI=1S/C28H25ClN4O2S/c1-18-5-4-6-21(17-18)31-25(34)14-16-33-27(26(32-28(33)36)22-7-2-3-15-30-22)24-13-12-23(35-24)19-8-10-20(29)11-9-19/h2-13,15,17,26-27H,14,16H2,1H3,(H,31,34)(H,32,36)/t26-,27+/m1/s1. The molecule has 2 aromatic carbocycles. The first-order valence-corrected chi connectivity index (χ1v) is 12.5. The summed E-state index contributed by atoms with van der Waals surface area (Å²) in [5.41, 5.74) is 3.65. The molecular weight excluding hydrogens is 492 g/mol. The Morgan fingerprint density at radius 1 is 1.11 bits per heavy atom. The predicted octanol–water partition coefficient (Wildman–Crippen LogP) is 6.30. The Morgan fingerprint density at radius 3 is 2.69 bits per heavy atom. The number of furan rings is 1. The molecule has 1 saturated heterocycles. The van der Waals surface area contributed by atoms with Crippen LogP contribution in [0.3, 0.4) is 0 Å². The molecule has 3 heterocycles. The summed E-state index contributed by atoms with van der Waals surface area (Å²) in [5, 5.41) is 7.59. The van der Waals surface area contributed by atoms with Crippen LogP contribution in [0.25, 0.3) is 11.3 Å². The summed E-state index contributed by atoms with van der Waals surface area (Å²) in [4.78, 5) is 19.3. The number of benzene rings is 2. The zero-order chi connectivity index (χ0) is 25.1. The minimum absolute atomic E-state index is 0.0789. The van der Waals surface area contributed by atoms with Crippen LogP contribution in [-0.4, -0.2) is 27.4 Å². The second-order valence-corrected chi connectivity index (χ2v) is 9.52. The number of hydrogen-bond donors (Lipinski definition) is 2. The lowest BCUT2D eigenvalue weighted by molar-refractivity contribution is -0.116. The maximum atomic E-state index is 12.8. The van der Waals surface area contributed by atoms with Crippen LogP contribution in [0.2, 0.25) is 5.02 Å². The van der Waals surface area contributed by atoms with Gasteiger partial charge in [-0.15, -0.1) is 0 Å². The fraction of sp³-hybridized carbons (Fsp3) is 0.179. The highest BCUT2D eigenvalue weighted by atomic mass is 35.5. The van der Waals surface area contributed by atoms with Gasteiger partial charge in [0.05, 0.1) is 11.7 Å². The molecule has 0 aliphatic carbocycles. The number of rotatable bonds is 7. The summed E-state index contributed by atoms with van der Waals surface area (Å²) in [6.45, 7) is 2.42. The summed E-state index contributed by atoms with van der Waals surface area (Å²) in [5.74, 6) is 1.39. The van der Waals surface area contributed by atoms with Gasteiger partial charge in [-0.05, 0) is 85.4 Å². The van der Waals surface area contributed by atoms with Crippen LogP contribution in [0, 0.1) is 6.92 Å². The Bertz CT molecular complexity index is 1370. The van der Waals surface area contributed by atoms with E-state index in [4.69, 9.17) is 28.2 Å². The normalized spacial score (nSPS) is 17.2. The first kappa shape index (κ1) is 24.0. The number of aromatic nitrogens is 1. The van der Waals surface area contributed by atoms with Gasteiger partial charge in [-0.1, -0.05) is 29.8 Å². The molecule has 182 valence electrons. The molecule has 5 rings (SSSR count). The van der Waals surface area contributed by atoms with Gasteiger partial charge in [0.15, 0.2) is 5.11 Å². The lowest BCUT2D eigenvalue weighted by Gasteiger charge is -2.25. The zero-order valence-electron chi connectivity index (χ0n) is 19.6. The molecule has 1 aliphatic heterocycles. The molecule has 2 atom stereocenters. The molecule has 0 radical (unpaired) electrons. The van der Waals surface area contributed by atoms with Gasteiger partial charge in [-0.2, -0.15) is 0 Å². The summed E-state index contributed by atoms with van der Waals surface area (Å²) in [7, 11) is 0. The Hall–Kier alpha value is -3.68. The van der Waals surface area contributed by atoms with E-state index in [0.29, 0.717) is 16.7 Å². The van der Waals surface area contributed by atoms with Gasteiger partial charge in [0.2, 0.25) is 5.91 Å². The van der Waals surface area contributed by atoms with Crippen molar-refractivity contribution in [3.63, 3.8) is 0 Å². The van der Waals surface area contributed by atoms with E-state index in [-0.39, 0.29) is 24.4 Å². The maximum Gasteiger partial charge on any atom is 0.226 e. The number of anilines is 1. The fourth-order valence-corrected chi connectivity index (χ4v) is 4.86. The van der Waals surface area contributed by atoms with Crippen LogP contribution in [0.1, 0.15) is 35.5 Å². The number of amides is 1. The Morgan fingerprint density at radius 2 is 1.94 bits per heavy atom. The van der Waals surface area contributed by atoms with Crippen LogP contribution in [0.5, 0.6) is 0 Å². The van der Waals surface area contributed by atoms with Crippen molar-refractivity contribution in [3.8, 4) is 11.3 Å². The second kappa shape index (κ2) is 10.5. The molecule has 0 saturated carbocycles. The highest BCUT2D eigenvalue weighted by Crippen LogP contribution is 2.40. The minimum atomic E-state index is -0.264. The van der Waals surface area contributed by atoms with Crippen LogP contribution in [0.15, 0.2) is 89.5 Å². The van der Waals surface area contributed by atoms with E-state index in [1.54, 1.807) is 6.20 Å². The third kappa shape index (κ3) is 5.27. The van der Waals surface area contributed by atoms with Crippen molar-refractivity contribution in [1.29, 1.82) is 0 Å². The van der Waals surface area contributed by atoms with Crippen molar-refractivity contribution in [2.24, 2.45) is 0 Å². The third-order valence-corrected chi connectivity index (χ3v) is 6.73. The van der Waals surface area contributed by atoms with Crippen molar-refractivity contribution in [1.82, 2.24) is 15.2 Å². The van der Waals surface area contributed by atoms with Crippen molar-refractivity contribution < 1.29 is 9.21 Å². The first-order valence-electron chi connectivity index (χ1n) is 11.7. The van der Waals surface area contributed by atoms with E-state index in [0.717, 1.165) is 34.0 Å². The molecule has 36 heavy (non-hydrogen) atoms. The van der Waals surface area contributed by atoms with E-state index in [2.05, 4.69) is 15.6 Å². The third-order valence-electron chi connectivity index (χ3n) is 6.13. The van der Waals surface area contributed by atoms with Gasteiger partial charge >= 0.3 is 0 Å². The van der Waals surface area contributed by atoms with E-state index in [1.165, 1.54) is 0 Å². The fourth-order valence-electron chi connectivity index (χ4n) is 4.40. The van der Waals surface area contributed by atoms with Crippen molar-refractivity contribution in [3.05, 3.63) is 107 Å².